The summed E-state index contributed by atoms with van der Waals surface area (Å²) >= 11 is 5.25. The van der Waals surface area contributed by atoms with E-state index < -0.39 is 0 Å². The van der Waals surface area contributed by atoms with Crippen LogP contribution in [0.5, 0.6) is 0 Å². The van der Waals surface area contributed by atoms with E-state index in [9.17, 15) is 0 Å². The van der Waals surface area contributed by atoms with Crippen molar-refractivity contribution in [2.75, 3.05) is 0 Å². The minimum atomic E-state index is 0.338. The molecule has 0 aliphatic heterocycles. The second-order valence-electron chi connectivity index (χ2n) is 4.08. The smallest absolute Gasteiger partial charge is 0.131 e. The van der Waals surface area contributed by atoms with Crippen LogP contribution in [0.3, 0.4) is 0 Å². The molecule has 1 aromatic carbocycles. The molecule has 1 heterocycles. The van der Waals surface area contributed by atoms with Gasteiger partial charge in [0.1, 0.15) is 10.0 Å². The molecule has 1 N–H and O–H groups in total. The first-order chi connectivity index (χ1) is 8.70. The maximum Gasteiger partial charge on any atom is 0.131 e. The number of aryl methyl sites for hydroxylation is 1. The highest BCUT2D eigenvalue weighted by molar-refractivity contribution is 9.10. The van der Waals surface area contributed by atoms with Gasteiger partial charge < -0.3 is 5.32 Å². The molecule has 0 amide bonds. The first-order valence-electron chi connectivity index (χ1n) is 5.97. The van der Waals surface area contributed by atoms with Gasteiger partial charge in [-0.15, -0.1) is 21.5 Å². The molecule has 1 atom stereocenters. The average molecular weight is 326 g/mol. The van der Waals surface area contributed by atoms with Crippen LogP contribution < -0.4 is 5.32 Å². The lowest BCUT2D eigenvalue weighted by Crippen LogP contribution is -2.20. The van der Waals surface area contributed by atoms with Crippen LogP contribution in [0.4, 0.5) is 0 Å². The number of aromatic nitrogens is 2. The summed E-state index contributed by atoms with van der Waals surface area (Å²) in [5.74, 6) is 0. The highest BCUT2D eigenvalue weighted by Crippen LogP contribution is 2.25. The molecule has 2 rings (SSSR count). The molecule has 5 heteroatoms. The number of nitrogens with one attached hydrogen (secondary N) is 1. The monoisotopic (exact) mass is 325 g/mol. The third-order valence-electron chi connectivity index (χ3n) is 2.76. The van der Waals surface area contributed by atoms with E-state index in [1.165, 1.54) is 5.56 Å². The van der Waals surface area contributed by atoms with Crippen molar-refractivity contribution in [3.05, 3.63) is 44.3 Å². The van der Waals surface area contributed by atoms with Crippen LogP contribution in [-0.4, -0.2) is 10.2 Å². The Balaban J connectivity index is 2.04. The fourth-order valence-corrected chi connectivity index (χ4v) is 3.07. The second kappa shape index (κ2) is 6.41. The zero-order valence-corrected chi connectivity index (χ0v) is 12.9. The molecule has 2 aromatic rings. The van der Waals surface area contributed by atoms with Crippen LogP contribution >= 0.6 is 27.3 Å². The largest absolute Gasteiger partial charge is 0.303 e. The fraction of sp³-hybridized carbons (Fsp3) is 0.385. The summed E-state index contributed by atoms with van der Waals surface area (Å²) in [6.07, 6.45) is 1.04. The normalized spacial score (nSPS) is 12.6. The van der Waals surface area contributed by atoms with Gasteiger partial charge in [0.25, 0.3) is 0 Å². The Labute approximate surface area is 120 Å². The van der Waals surface area contributed by atoms with Crippen molar-refractivity contribution in [3.63, 3.8) is 0 Å². The number of nitrogens with zero attached hydrogens (tertiary/aromatic N) is 2. The predicted molar refractivity (Wildman–Crippen MR) is 78.7 cm³/mol. The van der Waals surface area contributed by atoms with Gasteiger partial charge in [-0.1, -0.05) is 41.1 Å². The molecule has 1 aromatic heterocycles. The predicted octanol–water partition coefficient (Wildman–Crippen LogP) is 3.85. The van der Waals surface area contributed by atoms with Crippen molar-refractivity contribution < 1.29 is 0 Å². The minimum absolute atomic E-state index is 0.338. The van der Waals surface area contributed by atoms with Gasteiger partial charge in [0.15, 0.2) is 0 Å². The van der Waals surface area contributed by atoms with E-state index in [-0.39, 0.29) is 0 Å². The Morgan fingerprint density at radius 1 is 1.33 bits per heavy atom. The first-order valence-corrected chi connectivity index (χ1v) is 7.58. The molecule has 0 unspecified atom stereocenters. The quantitative estimate of drug-likeness (QED) is 0.907. The molecule has 3 nitrogen and oxygen atoms in total. The van der Waals surface area contributed by atoms with Gasteiger partial charge >= 0.3 is 0 Å². The zero-order chi connectivity index (χ0) is 13.0. The first kappa shape index (κ1) is 13.6. The van der Waals surface area contributed by atoms with Crippen molar-refractivity contribution in [3.8, 4) is 0 Å². The van der Waals surface area contributed by atoms with E-state index >= 15 is 0 Å². The summed E-state index contributed by atoms with van der Waals surface area (Å²) in [6, 6.07) is 8.67. The SMILES string of the molecule is CC[C@H](NCc1nnc(C)s1)c1ccccc1Br. The summed E-state index contributed by atoms with van der Waals surface area (Å²) < 4.78 is 1.15. The van der Waals surface area contributed by atoms with Gasteiger partial charge in [-0.2, -0.15) is 0 Å². The van der Waals surface area contributed by atoms with Gasteiger partial charge in [-0.05, 0) is 25.0 Å². The Kier molecular flexibility index (Phi) is 4.86. The molecule has 0 saturated carbocycles. The number of benzene rings is 1. The van der Waals surface area contributed by atoms with E-state index in [1.54, 1.807) is 11.3 Å². The standard InChI is InChI=1S/C13H16BrN3S/c1-3-12(10-6-4-5-7-11(10)14)15-8-13-17-16-9(2)18-13/h4-7,12,15H,3,8H2,1-2H3/t12-/m0/s1. The molecule has 0 saturated heterocycles. The summed E-state index contributed by atoms with van der Waals surface area (Å²) in [4.78, 5) is 0. The van der Waals surface area contributed by atoms with Gasteiger partial charge in [-0.25, -0.2) is 0 Å². The maximum atomic E-state index is 4.13. The summed E-state index contributed by atoms with van der Waals surface area (Å²) in [7, 11) is 0. The lowest BCUT2D eigenvalue weighted by Gasteiger charge is -2.17. The Hall–Kier alpha value is -0.780. The van der Waals surface area contributed by atoms with Crippen molar-refractivity contribution in [1.29, 1.82) is 0 Å². The lowest BCUT2D eigenvalue weighted by molar-refractivity contribution is 0.515. The number of hydrogen-bond donors (Lipinski definition) is 1. The lowest BCUT2D eigenvalue weighted by atomic mass is 10.0. The third-order valence-corrected chi connectivity index (χ3v) is 4.32. The molecule has 0 fully saturated rings. The van der Waals surface area contributed by atoms with Gasteiger partial charge in [0, 0.05) is 10.5 Å². The highest BCUT2D eigenvalue weighted by atomic mass is 79.9. The van der Waals surface area contributed by atoms with E-state index in [1.807, 2.05) is 13.0 Å². The van der Waals surface area contributed by atoms with E-state index in [0.717, 1.165) is 27.5 Å². The molecular weight excluding hydrogens is 310 g/mol. The molecule has 0 bridgehead atoms. The van der Waals surface area contributed by atoms with Crippen LogP contribution in [0.15, 0.2) is 28.7 Å². The van der Waals surface area contributed by atoms with E-state index in [4.69, 9.17) is 0 Å². The van der Waals surface area contributed by atoms with Crippen molar-refractivity contribution in [1.82, 2.24) is 15.5 Å². The summed E-state index contributed by atoms with van der Waals surface area (Å²) in [6.45, 7) is 4.93. The van der Waals surface area contributed by atoms with Crippen LogP contribution in [-0.2, 0) is 6.54 Å². The fourth-order valence-electron chi connectivity index (χ4n) is 1.85. The summed E-state index contributed by atoms with van der Waals surface area (Å²) in [5.41, 5.74) is 1.29. The maximum absolute atomic E-state index is 4.13. The number of rotatable bonds is 5. The summed E-state index contributed by atoms with van der Waals surface area (Å²) in [5, 5.41) is 13.8. The van der Waals surface area contributed by atoms with Gasteiger partial charge in [-0.3, -0.25) is 0 Å². The van der Waals surface area contributed by atoms with Gasteiger partial charge in [0.05, 0.1) is 6.54 Å². The Morgan fingerprint density at radius 3 is 2.72 bits per heavy atom. The molecule has 18 heavy (non-hydrogen) atoms. The average Bonchev–Trinajstić information content (AvgIpc) is 2.78. The second-order valence-corrected chi connectivity index (χ2v) is 6.20. The Morgan fingerprint density at radius 2 is 2.11 bits per heavy atom. The number of halogens is 1. The molecule has 0 radical (unpaired) electrons. The van der Waals surface area contributed by atoms with Crippen molar-refractivity contribution in [2.24, 2.45) is 0 Å². The van der Waals surface area contributed by atoms with E-state index in [0.29, 0.717) is 6.04 Å². The van der Waals surface area contributed by atoms with Crippen LogP contribution in [0.1, 0.15) is 35.0 Å². The van der Waals surface area contributed by atoms with Crippen molar-refractivity contribution >= 4 is 27.3 Å². The zero-order valence-electron chi connectivity index (χ0n) is 10.5. The molecular formula is C13H16BrN3S. The highest BCUT2D eigenvalue weighted by Gasteiger charge is 2.12. The Bertz CT molecular complexity index is 512. The molecule has 0 aliphatic rings. The van der Waals surface area contributed by atoms with Gasteiger partial charge in [0.2, 0.25) is 0 Å². The third kappa shape index (κ3) is 3.37. The molecule has 0 spiro atoms. The number of hydrogen-bond acceptors (Lipinski definition) is 4. The van der Waals surface area contributed by atoms with Crippen LogP contribution in [0.25, 0.3) is 0 Å². The van der Waals surface area contributed by atoms with Crippen LogP contribution in [0, 0.1) is 6.92 Å². The molecule has 0 aliphatic carbocycles. The topological polar surface area (TPSA) is 37.8 Å². The van der Waals surface area contributed by atoms with E-state index in [2.05, 4.69) is 56.6 Å². The van der Waals surface area contributed by atoms with Crippen molar-refractivity contribution in [2.45, 2.75) is 32.9 Å². The van der Waals surface area contributed by atoms with Crippen LogP contribution in [0.2, 0.25) is 0 Å². The molecule has 96 valence electrons. The minimum Gasteiger partial charge on any atom is -0.303 e.